The molecule has 26 heavy (non-hydrogen) atoms. The summed E-state index contributed by atoms with van der Waals surface area (Å²) in [4.78, 5) is 30.0. The number of hydrogen-bond acceptors (Lipinski definition) is 5. The highest BCUT2D eigenvalue weighted by molar-refractivity contribution is 7.17. The van der Waals surface area contributed by atoms with Crippen molar-refractivity contribution < 1.29 is 14.6 Å². The first-order valence-corrected chi connectivity index (χ1v) is 8.96. The third-order valence-electron chi connectivity index (χ3n) is 4.50. The number of carboxylic acid groups (broad SMARTS) is 1. The van der Waals surface area contributed by atoms with Gasteiger partial charge in [-0.05, 0) is 39.8 Å². The average Bonchev–Trinajstić information content (AvgIpc) is 2.98. The normalized spacial score (nSPS) is 11.7. The summed E-state index contributed by atoms with van der Waals surface area (Å²) in [5, 5.41) is 11.9. The van der Waals surface area contributed by atoms with Gasteiger partial charge in [-0.25, -0.2) is 9.78 Å². The fourth-order valence-electron chi connectivity index (χ4n) is 3.08. The SMILES string of the molecule is COc1ccc(C)cc1-c1csc2nc(C)n(C(C)(C)C(=O)O)c(=O)c12. The number of thiophene rings is 1. The Morgan fingerprint density at radius 3 is 2.58 bits per heavy atom. The molecule has 2 heterocycles. The van der Waals surface area contributed by atoms with Crippen LogP contribution in [0.2, 0.25) is 0 Å². The van der Waals surface area contributed by atoms with Gasteiger partial charge in [0, 0.05) is 16.5 Å². The number of carbonyl (C=O) groups is 1. The van der Waals surface area contributed by atoms with Gasteiger partial charge in [-0.15, -0.1) is 11.3 Å². The van der Waals surface area contributed by atoms with Crippen LogP contribution >= 0.6 is 11.3 Å². The van der Waals surface area contributed by atoms with E-state index in [2.05, 4.69) is 4.98 Å². The topological polar surface area (TPSA) is 81.4 Å². The van der Waals surface area contributed by atoms with Gasteiger partial charge in [0.05, 0.1) is 12.5 Å². The van der Waals surface area contributed by atoms with E-state index in [-0.39, 0.29) is 5.56 Å². The van der Waals surface area contributed by atoms with Gasteiger partial charge in [-0.1, -0.05) is 11.6 Å². The lowest BCUT2D eigenvalue weighted by Crippen LogP contribution is -2.44. The summed E-state index contributed by atoms with van der Waals surface area (Å²) < 4.78 is 6.70. The first kappa shape index (κ1) is 18.1. The van der Waals surface area contributed by atoms with Crippen molar-refractivity contribution in [2.45, 2.75) is 33.2 Å². The van der Waals surface area contributed by atoms with Crippen molar-refractivity contribution in [3.8, 4) is 16.9 Å². The van der Waals surface area contributed by atoms with E-state index in [1.165, 1.54) is 29.8 Å². The Kier molecular flexibility index (Phi) is 4.36. The second-order valence-electron chi connectivity index (χ2n) is 6.70. The summed E-state index contributed by atoms with van der Waals surface area (Å²) in [5.41, 5.74) is 0.767. The van der Waals surface area contributed by atoms with Crippen LogP contribution in [-0.2, 0) is 10.3 Å². The van der Waals surface area contributed by atoms with E-state index in [1.54, 1.807) is 14.0 Å². The molecule has 0 radical (unpaired) electrons. The fraction of sp³-hybridized carbons (Fsp3) is 0.316. The molecule has 3 rings (SSSR count). The third kappa shape index (κ3) is 2.68. The summed E-state index contributed by atoms with van der Waals surface area (Å²) in [7, 11) is 1.58. The van der Waals surface area contributed by atoms with Crippen molar-refractivity contribution in [3.63, 3.8) is 0 Å². The Labute approximate surface area is 154 Å². The van der Waals surface area contributed by atoms with Crippen LogP contribution in [0.3, 0.4) is 0 Å². The summed E-state index contributed by atoms with van der Waals surface area (Å²) in [5.74, 6) is -0.0624. The van der Waals surface area contributed by atoms with Gasteiger partial charge < -0.3 is 9.84 Å². The van der Waals surface area contributed by atoms with Crippen LogP contribution in [0.25, 0.3) is 21.3 Å². The lowest BCUT2D eigenvalue weighted by atomic mass is 10.0. The molecule has 0 fully saturated rings. The molecule has 0 atom stereocenters. The minimum Gasteiger partial charge on any atom is -0.496 e. The molecule has 0 unspecified atom stereocenters. The molecule has 1 N–H and O–H groups in total. The zero-order valence-corrected chi connectivity index (χ0v) is 16.1. The second-order valence-corrected chi connectivity index (χ2v) is 7.56. The summed E-state index contributed by atoms with van der Waals surface area (Å²) in [6.07, 6.45) is 0. The van der Waals surface area contributed by atoms with E-state index >= 15 is 0 Å². The van der Waals surface area contributed by atoms with E-state index in [0.717, 1.165) is 11.1 Å². The maximum Gasteiger partial charge on any atom is 0.329 e. The molecule has 0 aliphatic heterocycles. The molecular weight excluding hydrogens is 352 g/mol. The van der Waals surface area contributed by atoms with E-state index in [9.17, 15) is 14.7 Å². The van der Waals surface area contributed by atoms with Crippen LogP contribution in [0, 0.1) is 13.8 Å². The highest BCUT2D eigenvalue weighted by atomic mass is 32.1. The van der Waals surface area contributed by atoms with E-state index in [1.807, 2.05) is 30.5 Å². The summed E-state index contributed by atoms with van der Waals surface area (Å²) in [6, 6.07) is 5.74. The van der Waals surface area contributed by atoms with Crippen molar-refractivity contribution in [2.24, 2.45) is 0 Å². The second kappa shape index (κ2) is 6.25. The molecular formula is C19H20N2O4S. The monoisotopic (exact) mass is 372 g/mol. The summed E-state index contributed by atoms with van der Waals surface area (Å²) >= 11 is 1.36. The number of hydrogen-bond donors (Lipinski definition) is 1. The van der Waals surface area contributed by atoms with Crippen LogP contribution in [-0.4, -0.2) is 27.7 Å². The highest BCUT2D eigenvalue weighted by Gasteiger charge is 2.33. The Bertz CT molecular complexity index is 1080. The molecule has 0 aliphatic carbocycles. The molecule has 6 nitrogen and oxygen atoms in total. The van der Waals surface area contributed by atoms with Crippen LogP contribution < -0.4 is 10.3 Å². The largest absolute Gasteiger partial charge is 0.496 e. The predicted octanol–water partition coefficient (Wildman–Crippen LogP) is 3.57. The van der Waals surface area contributed by atoms with Crippen molar-refractivity contribution in [3.05, 3.63) is 45.3 Å². The molecule has 0 amide bonds. The fourth-order valence-corrected chi connectivity index (χ4v) is 4.05. The number of fused-ring (bicyclic) bond motifs is 1. The van der Waals surface area contributed by atoms with E-state index < -0.39 is 11.5 Å². The van der Waals surface area contributed by atoms with Gasteiger partial charge in [-0.2, -0.15) is 0 Å². The smallest absolute Gasteiger partial charge is 0.329 e. The molecule has 0 bridgehead atoms. The third-order valence-corrected chi connectivity index (χ3v) is 5.38. The Morgan fingerprint density at radius 1 is 1.27 bits per heavy atom. The van der Waals surface area contributed by atoms with E-state index in [0.29, 0.717) is 27.4 Å². The zero-order chi connectivity index (χ0) is 19.2. The number of rotatable bonds is 4. The number of benzene rings is 1. The standard InChI is InChI=1S/C19H20N2O4S/c1-10-6-7-14(25-5)12(8-10)13-9-26-16-15(13)17(22)21(11(2)20-16)19(3,4)18(23)24/h6-9H,1-5H3,(H,23,24). The quantitative estimate of drug-likeness (QED) is 0.757. The van der Waals surface area contributed by atoms with Crippen molar-refractivity contribution in [1.82, 2.24) is 9.55 Å². The highest BCUT2D eigenvalue weighted by Crippen LogP contribution is 2.37. The minimum atomic E-state index is -1.40. The van der Waals surface area contributed by atoms with Gasteiger partial charge in [0.1, 0.15) is 21.9 Å². The van der Waals surface area contributed by atoms with E-state index in [4.69, 9.17) is 4.74 Å². The average molecular weight is 372 g/mol. The van der Waals surface area contributed by atoms with Gasteiger partial charge in [0.15, 0.2) is 0 Å². The van der Waals surface area contributed by atoms with Crippen LogP contribution in [0.4, 0.5) is 0 Å². The molecule has 0 saturated carbocycles. The van der Waals surface area contributed by atoms with Crippen molar-refractivity contribution in [1.29, 1.82) is 0 Å². The molecule has 136 valence electrons. The summed E-state index contributed by atoms with van der Waals surface area (Å²) in [6.45, 7) is 6.61. The van der Waals surface area contributed by atoms with Gasteiger partial charge in [0.25, 0.3) is 5.56 Å². The lowest BCUT2D eigenvalue weighted by Gasteiger charge is -2.24. The van der Waals surface area contributed by atoms with Crippen LogP contribution in [0.15, 0.2) is 28.4 Å². The maximum atomic E-state index is 13.3. The van der Waals surface area contributed by atoms with Crippen molar-refractivity contribution >= 4 is 27.5 Å². The number of aryl methyl sites for hydroxylation is 2. The molecule has 0 spiro atoms. The Morgan fingerprint density at radius 2 is 1.96 bits per heavy atom. The predicted molar refractivity (Wildman–Crippen MR) is 102 cm³/mol. The number of methoxy groups -OCH3 is 1. The van der Waals surface area contributed by atoms with Crippen molar-refractivity contribution in [2.75, 3.05) is 7.11 Å². The van der Waals surface area contributed by atoms with Crippen LogP contribution in [0.5, 0.6) is 5.75 Å². The number of carboxylic acids is 1. The molecule has 7 heteroatoms. The first-order valence-electron chi connectivity index (χ1n) is 8.08. The molecule has 1 aromatic carbocycles. The maximum absolute atomic E-state index is 13.3. The minimum absolute atomic E-state index is 0.361. The number of aromatic nitrogens is 2. The number of aliphatic carboxylic acids is 1. The lowest BCUT2D eigenvalue weighted by molar-refractivity contribution is -0.145. The first-order chi connectivity index (χ1) is 12.2. The van der Waals surface area contributed by atoms with Gasteiger partial charge >= 0.3 is 5.97 Å². The molecule has 0 aliphatic rings. The zero-order valence-electron chi connectivity index (χ0n) is 15.3. The van der Waals surface area contributed by atoms with Crippen LogP contribution in [0.1, 0.15) is 25.2 Å². The number of nitrogens with zero attached hydrogens (tertiary/aromatic N) is 2. The van der Waals surface area contributed by atoms with Gasteiger partial charge in [0.2, 0.25) is 0 Å². The Balaban J connectivity index is 2.41. The molecule has 0 saturated heterocycles. The van der Waals surface area contributed by atoms with Gasteiger partial charge in [-0.3, -0.25) is 9.36 Å². The Hall–Kier alpha value is -2.67. The molecule has 2 aromatic heterocycles. The molecule has 3 aromatic rings. The number of ether oxygens (including phenoxy) is 1.